The third kappa shape index (κ3) is 4.88. The van der Waals surface area contributed by atoms with E-state index in [9.17, 15) is 5.11 Å². The summed E-state index contributed by atoms with van der Waals surface area (Å²) in [4.78, 5) is 2.12. The fourth-order valence-electron chi connectivity index (χ4n) is 1.88. The summed E-state index contributed by atoms with van der Waals surface area (Å²) in [6.45, 7) is 8.19. The standard InChI is InChI=1S/C15H25NO/c1-5-16(4)11-15(17)14-8-6-13(7-9-14)10-12(2)3/h6-9,12,15,17H,5,10-11H2,1-4H3. The van der Waals surface area contributed by atoms with Gasteiger partial charge >= 0.3 is 0 Å². The van der Waals surface area contributed by atoms with Crippen LogP contribution in [0.3, 0.4) is 0 Å². The minimum Gasteiger partial charge on any atom is -0.387 e. The highest BCUT2D eigenvalue weighted by Crippen LogP contribution is 2.16. The number of hydrogen-bond donors (Lipinski definition) is 1. The molecule has 0 aromatic heterocycles. The molecule has 0 bridgehead atoms. The first kappa shape index (κ1) is 14.2. The van der Waals surface area contributed by atoms with Crippen LogP contribution in [0.15, 0.2) is 24.3 Å². The summed E-state index contributed by atoms with van der Waals surface area (Å²) in [5.41, 5.74) is 2.36. The Morgan fingerprint density at radius 1 is 1.18 bits per heavy atom. The van der Waals surface area contributed by atoms with E-state index in [2.05, 4.69) is 37.8 Å². The Hall–Kier alpha value is -0.860. The molecule has 0 heterocycles. The Kier molecular flexibility index (Phi) is 5.66. The van der Waals surface area contributed by atoms with Crippen molar-refractivity contribution < 1.29 is 5.11 Å². The van der Waals surface area contributed by atoms with E-state index >= 15 is 0 Å². The second kappa shape index (κ2) is 6.77. The Bertz CT molecular complexity index is 318. The van der Waals surface area contributed by atoms with Crippen LogP contribution in [0.5, 0.6) is 0 Å². The van der Waals surface area contributed by atoms with Gasteiger partial charge in [0, 0.05) is 6.54 Å². The Balaban J connectivity index is 2.60. The van der Waals surface area contributed by atoms with Gasteiger partial charge in [0.2, 0.25) is 0 Å². The molecule has 0 saturated carbocycles. The molecule has 96 valence electrons. The minimum atomic E-state index is -0.381. The summed E-state index contributed by atoms with van der Waals surface area (Å²) in [6, 6.07) is 8.35. The highest BCUT2D eigenvalue weighted by atomic mass is 16.3. The van der Waals surface area contributed by atoms with Crippen molar-refractivity contribution >= 4 is 0 Å². The predicted molar refractivity (Wildman–Crippen MR) is 73.1 cm³/mol. The number of nitrogens with zero attached hydrogens (tertiary/aromatic N) is 1. The zero-order valence-electron chi connectivity index (χ0n) is 11.5. The van der Waals surface area contributed by atoms with Gasteiger partial charge in [0.15, 0.2) is 0 Å². The van der Waals surface area contributed by atoms with Gasteiger partial charge in [-0.25, -0.2) is 0 Å². The molecule has 17 heavy (non-hydrogen) atoms. The van der Waals surface area contributed by atoms with Crippen LogP contribution in [0.2, 0.25) is 0 Å². The van der Waals surface area contributed by atoms with Crippen LogP contribution in [0.4, 0.5) is 0 Å². The summed E-state index contributed by atoms with van der Waals surface area (Å²) in [5, 5.41) is 10.1. The Labute approximate surface area is 105 Å². The second-order valence-corrected chi connectivity index (χ2v) is 5.21. The maximum atomic E-state index is 10.1. The van der Waals surface area contributed by atoms with E-state index in [0.29, 0.717) is 12.5 Å². The van der Waals surface area contributed by atoms with E-state index in [1.54, 1.807) is 0 Å². The minimum absolute atomic E-state index is 0.381. The smallest absolute Gasteiger partial charge is 0.0916 e. The van der Waals surface area contributed by atoms with Gasteiger partial charge in [-0.05, 0) is 37.1 Å². The molecule has 1 aromatic rings. The third-order valence-electron chi connectivity index (χ3n) is 3.03. The highest BCUT2D eigenvalue weighted by Gasteiger charge is 2.09. The molecule has 0 radical (unpaired) electrons. The van der Waals surface area contributed by atoms with Crippen molar-refractivity contribution in [3.8, 4) is 0 Å². The maximum absolute atomic E-state index is 10.1. The van der Waals surface area contributed by atoms with Crippen LogP contribution in [0, 0.1) is 5.92 Å². The van der Waals surface area contributed by atoms with Crippen LogP contribution in [-0.2, 0) is 6.42 Å². The molecule has 0 spiro atoms. The van der Waals surface area contributed by atoms with Gasteiger partial charge in [-0.3, -0.25) is 0 Å². The molecule has 0 amide bonds. The van der Waals surface area contributed by atoms with Gasteiger partial charge < -0.3 is 10.0 Å². The molecule has 1 unspecified atom stereocenters. The fraction of sp³-hybridized carbons (Fsp3) is 0.600. The van der Waals surface area contributed by atoms with Crippen molar-refractivity contribution in [3.05, 3.63) is 35.4 Å². The third-order valence-corrected chi connectivity index (χ3v) is 3.03. The van der Waals surface area contributed by atoms with Gasteiger partial charge in [-0.1, -0.05) is 45.0 Å². The number of aliphatic hydroxyl groups excluding tert-OH is 1. The molecule has 2 nitrogen and oxygen atoms in total. The van der Waals surface area contributed by atoms with E-state index < -0.39 is 0 Å². The van der Waals surface area contributed by atoms with Crippen molar-refractivity contribution in [1.29, 1.82) is 0 Å². The Morgan fingerprint density at radius 3 is 2.24 bits per heavy atom. The number of hydrogen-bond acceptors (Lipinski definition) is 2. The second-order valence-electron chi connectivity index (χ2n) is 5.21. The molecule has 2 heteroatoms. The molecule has 1 N–H and O–H groups in total. The van der Waals surface area contributed by atoms with E-state index in [1.165, 1.54) is 5.56 Å². The molecule has 1 aromatic carbocycles. The molecule has 0 aliphatic heterocycles. The van der Waals surface area contributed by atoms with E-state index in [0.717, 1.165) is 18.5 Å². The first-order chi connectivity index (χ1) is 8.02. The van der Waals surface area contributed by atoms with E-state index in [4.69, 9.17) is 0 Å². The topological polar surface area (TPSA) is 23.5 Å². The monoisotopic (exact) mass is 235 g/mol. The lowest BCUT2D eigenvalue weighted by molar-refractivity contribution is 0.129. The number of aliphatic hydroxyl groups is 1. The number of likely N-dealkylation sites (N-methyl/N-ethyl adjacent to an activating group) is 1. The summed E-state index contributed by atoms with van der Waals surface area (Å²) in [5.74, 6) is 0.678. The summed E-state index contributed by atoms with van der Waals surface area (Å²) >= 11 is 0. The molecule has 0 fully saturated rings. The first-order valence-electron chi connectivity index (χ1n) is 6.48. The van der Waals surface area contributed by atoms with Gasteiger partial charge in [-0.2, -0.15) is 0 Å². The summed E-state index contributed by atoms with van der Waals surface area (Å²) < 4.78 is 0. The Morgan fingerprint density at radius 2 is 1.76 bits per heavy atom. The largest absolute Gasteiger partial charge is 0.387 e. The fourth-order valence-corrected chi connectivity index (χ4v) is 1.88. The molecule has 0 aliphatic rings. The van der Waals surface area contributed by atoms with Gasteiger partial charge in [0.05, 0.1) is 6.10 Å². The van der Waals surface area contributed by atoms with Crippen molar-refractivity contribution in [3.63, 3.8) is 0 Å². The summed E-state index contributed by atoms with van der Waals surface area (Å²) in [7, 11) is 2.02. The van der Waals surface area contributed by atoms with Gasteiger partial charge in [-0.15, -0.1) is 0 Å². The average Bonchev–Trinajstić information content (AvgIpc) is 2.28. The predicted octanol–water partition coefficient (Wildman–Crippen LogP) is 2.87. The molecule has 1 atom stereocenters. The zero-order chi connectivity index (χ0) is 12.8. The lowest BCUT2D eigenvalue weighted by atomic mass is 10.00. The highest BCUT2D eigenvalue weighted by molar-refractivity contribution is 5.24. The van der Waals surface area contributed by atoms with Crippen molar-refractivity contribution in [2.24, 2.45) is 5.92 Å². The van der Waals surface area contributed by atoms with E-state index in [1.807, 2.05) is 19.2 Å². The summed E-state index contributed by atoms with van der Waals surface area (Å²) in [6.07, 6.45) is 0.721. The maximum Gasteiger partial charge on any atom is 0.0916 e. The SMILES string of the molecule is CCN(C)CC(O)c1ccc(CC(C)C)cc1. The first-order valence-corrected chi connectivity index (χ1v) is 6.48. The van der Waals surface area contributed by atoms with Crippen LogP contribution < -0.4 is 0 Å². The van der Waals surface area contributed by atoms with Crippen molar-refractivity contribution in [2.45, 2.75) is 33.3 Å². The van der Waals surface area contributed by atoms with Crippen LogP contribution in [-0.4, -0.2) is 30.1 Å². The number of rotatable bonds is 6. The van der Waals surface area contributed by atoms with Crippen LogP contribution >= 0.6 is 0 Å². The van der Waals surface area contributed by atoms with Gasteiger partial charge in [0.1, 0.15) is 0 Å². The van der Waals surface area contributed by atoms with Crippen LogP contribution in [0.25, 0.3) is 0 Å². The molecular weight excluding hydrogens is 210 g/mol. The van der Waals surface area contributed by atoms with Crippen molar-refractivity contribution in [1.82, 2.24) is 4.90 Å². The molecule has 1 rings (SSSR count). The van der Waals surface area contributed by atoms with Crippen molar-refractivity contribution in [2.75, 3.05) is 20.1 Å². The lowest BCUT2D eigenvalue weighted by Crippen LogP contribution is -2.24. The number of benzene rings is 1. The average molecular weight is 235 g/mol. The molecule has 0 aliphatic carbocycles. The van der Waals surface area contributed by atoms with Gasteiger partial charge in [0.25, 0.3) is 0 Å². The normalized spacial score (nSPS) is 13.4. The van der Waals surface area contributed by atoms with Crippen LogP contribution in [0.1, 0.15) is 38.0 Å². The molecule has 0 saturated heterocycles. The quantitative estimate of drug-likeness (QED) is 0.819. The zero-order valence-corrected chi connectivity index (χ0v) is 11.5. The lowest BCUT2D eigenvalue weighted by Gasteiger charge is -2.19. The molecular formula is C15H25NO. The van der Waals surface area contributed by atoms with E-state index in [-0.39, 0.29) is 6.10 Å².